The Bertz CT molecular complexity index is 978. The van der Waals surface area contributed by atoms with Gasteiger partial charge in [0.1, 0.15) is 0 Å². The van der Waals surface area contributed by atoms with Gasteiger partial charge in [-0.25, -0.2) is 0 Å². The van der Waals surface area contributed by atoms with E-state index in [0.717, 1.165) is 22.2 Å². The second kappa shape index (κ2) is 7.98. The van der Waals surface area contributed by atoms with Crippen LogP contribution in [0, 0.1) is 11.3 Å². The highest BCUT2D eigenvalue weighted by Gasteiger charge is 2.35. The van der Waals surface area contributed by atoms with Crippen LogP contribution in [0.15, 0.2) is 47.4 Å². The van der Waals surface area contributed by atoms with Crippen LogP contribution in [-0.4, -0.2) is 30.3 Å². The molecule has 136 valence electrons. The van der Waals surface area contributed by atoms with Crippen molar-refractivity contribution in [3.05, 3.63) is 64.1 Å². The fourth-order valence-electron chi connectivity index (χ4n) is 2.67. The van der Waals surface area contributed by atoms with E-state index < -0.39 is 0 Å². The van der Waals surface area contributed by atoms with Gasteiger partial charge in [-0.1, -0.05) is 24.3 Å². The van der Waals surface area contributed by atoms with Crippen molar-refractivity contribution in [1.29, 1.82) is 5.26 Å². The number of rotatable bonds is 5. The number of thioether (sulfide) groups is 1. The van der Waals surface area contributed by atoms with E-state index in [0.29, 0.717) is 27.5 Å². The van der Waals surface area contributed by atoms with Crippen molar-refractivity contribution in [2.45, 2.75) is 6.54 Å². The zero-order valence-electron chi connectivity index (χ0n) is 14.8. The fraction of sp³-hybridized carbons (Fsp3) is 0.150. The third-order valence-corrected chi connectivity index (χ3v) is 4.95. The predicted molar refractivity (Wildman–Crippen MR) is 102 cm³/mol. The van der Waals surface area contributed by atoms with Crippen molar-refractivity contribution in [3.8, 4) is 17.6 Å². The van der Waals surface area contributed by atoms with Crippen molar-refractivity contribution >= 4 is 29.0 Å². The van der Waals surface area contributed by atoms with Gasteiger partial charge in [0.05, 0.1) is 37.3 Å². The lowest BCUT2D eigenvalue weighted by Gasteiger charge is -2.13. The number of nitrogens with zero attached hydrogens (tertiary/aromatic N) is 2. The average molecular weight is 380 g/mol. The molecular weight excluding hydrogens is 364 g/mol. The van der Waals surface area contributed by atoms with Crippen LogP contribution in [0.4, 0.5) is 4.79 Å². The number of carbonyl (C=O) groups excluding carboxylic acids is 2. The van der Waals surface area contributed by atoms with Crippen LogP contribution < -0.4 is 9.47 Å². The highest BCUT2D eigenvalue weighted by molar-refractivity contribution is 8.18. The molecule has 1 fully saturated rings. The second-order valence-corrected chi connectivity index (χ2v) is 6.64. The van der Waals surface area contributed by atoms with Crippen LogP contribution in [-0.2, 0) is 11.3 Å². The molecule has 0 N–H and O–H groups in total. The molecular formula is C20H16N2O4S. The molecule has 0 saturated carbocycles. The van der Waals surface area contributed by atoms with E-state index in [9.17, 15) is 14.9 Å². The molecule has 6 nitrogen and oxygen atoms in total. The molecule has 1 aliphatic heterocycles. The SMILES string of the molecule is COc1ccc(/C=C2/SC(=O)N(Cc3ccccc3C#N)C2=O)cc1OC. The van der Waals surface area contributed by atoms with Crippen LogP contribution in [0.25, 0.3) is 6.08 Å². The molecule has 0 aromatic heterocycles. The van der Waals surface area contributed by atoms with E-state index in [4.69, 9.17) is 9.47 Å². The summed E-state index contributed by atoms with van der Waals surface area (Å²) >= 11 is 0.876. The zero-order chi connectivity index (χ0) is 19.4. The Morgan fingerprint density at radius 2 is 1.85 bits per heavy atom. The summed E-state index contributed by atoms with van der Waals surface area (Å²) in [6.07, 6.45) is 1.64. The van der Waals surface area contributed by atoms with Gasteiger partial charge in [0.2, 0.25) is 0 Å². The van der Waals surface area contributed by atoms with Gasteiger partial charge >= 0.3 is 0 Å². The molecule has 0 aliphatic carbocycles. The molecule has 1 saturated heterocycles. The Morgan fingerprint density at radius 3 is 2.56 bits per heavy atom. The topological polar surface area (TPSA) is 79.6 Å². The van der Waals surface area contributed by atoms with Crippen molar-refractivity contribution in [2.75, 3.05) is 14.2 Å². The summed E-state index contributed by atoms with van der Waals surface area (Å²) in [5, 5.41) is 8.82. The minimum Gasteiger partial charge on any atom is -0.493 e. The third-order valence-electron chi connectivity index (χ3n) is 4.05. The van der Waals surface area contributed by atoms with Crippen LogP contribution in [0.3, 0.4) is 0 Å². The summed E-state index contributed by atoms with van der Waals surface area (Å²) in [6, 6.07) is 14.2. The number of hydrogen-bond acceptors (Lipinski definition) is 6. The van der Waals surface area contributed by atoms with Gasteiger partial charge in [0, 0.05) is 0 Å². The molecule has 1 heterocycles. The number of benzene rings is 2. The molecule has 2 aromatic rings. The Balaban J connectivity index is 1.86. The zero-order valence-corrected chi connectivity index (χ0v) is 15.6. The quantitative estimate of drug-likeness (QED) is 0.734. The number of methoxy groups -OCH3 is 2. The van der Waals surface area contributed by atoms with Crippen molar-refractivity contribution in [1.82, 2.24) is 4.90 Å². The minimum atomic E-state index is -0.382. The molecule has 2 amide bonds. The number of carbonyl (C=O) groups is 2. The van der Waals surface area contributed by atoms with E-state index in [-0.39, 0.29) is 17.7 Å². The van der Waals surface area contributed by atoms with Gasteiger partial charge in [-0.05, 0) is 47.2 Å². The Kier molecular flexibility index (Phi) is 5.48. The van der Waals surface area contributed by atoms with Gasteiger partial charge in [-0.2, -0.15) is 5.26 Å². The highest BCUT2D eigenvalue weighted by Crippen LogP contribution is 2.35. The molecule has 27 heavy (non-hydrogen) atoms. The van der Waals surface area contributed by atoms with Crippen molar-refractivity contribution in [3.63, 3.8) is 0 Å². The molecule has 2 aromatic carbocycles. The molecule has 0 bridgehead atoms. The predicted octanol–water partition coefficient (Wildman–Crippen LogP) is 3.81. The number of ether oxygens (including phenoxy) is 2. The summed E-state index contributed by atoms with van der Waals surface area (Å²) in [4.78, 5) is 26.5. The normalized spacial score (nSPS) is 15.1. The fourth-order valence-corrected chi connectivity index (χ4v) is 3.51. The highest BCUT2D eigenvalue weighted by atomic mass is 32.2. The molecule has 3 rings (SSSR count). The Labute approximate surface area is 161 Å². The summed E-state index contributed by atoms with van der Waals surface area (Å²) in [7, 11) is 3.07. The van der Waals surface area contributed by atoms with Crippen LogP contribution >= 0.6 is 11.8 Å². The van der Waals surface area contributed by atoms with Crippen LogP contribution in [0.2, 0.25) is 0 Å². The Morgan fingerprint density at radius 1 is 1.11 bits per heavy atom. The monoisotopic (exact) mass is 380 g/mol. The number of amides is 2. The van der Waals surface area contributed by atoms with Gasteiger partial charge in [-0.3, -0.25) is 14.5 Å². The Hall–Kier alpha value is -3.24. The van der Waals surface area contributed by atoms with Crippen molar-refractivity contribution in [2.24, 2.45) is 0 Å². The number of nitriles is 1. The minimum absolute atomic E-state index is 0.0671. The van der Waals surface area contributed by atoms with Crippen LogP contribution in [0.5, 0.6) is 11.5 Å². The first kappa shape index (κ1) is 18.5. The van der Waals surface area contributed by atoms with Gasteiger partial charge in [-0.15, -0.1) is 0 Å². The van der Waals surface area contributed by atoms with E-state index in [2.05, 4.69) is 6.07 Å². The number of imide groups is 1. The lowest BCUT2D eigenvalue weighted by Crippen LogP contribution is -2.27. The molecule has 0 spiro atoms. The largest absolute Gasteiger partial charge is 0.493 e. The maximum Gasteiger partial charge on any atom is 0.293 e. The summed E-state index contributed by atoms with van der Waals surface area (Å²) in [5.41, 5.74) is 1.80. The lowest BCUT2D eigenvalue weighted by molar-refractivity contribution is -0.123. The smallest absolute Gasteiger partial charge is 0.293 e. The van der Waals surface area contributed by atoms with E-state index in [1.54, 1.807) is 55.7 Å². The summed E-state index contributed by atoms with van der Waals surface area (Å²) in [6.45, 7) is 0.0671. The number of hydrogen-bond donors (Lipinski definition) is 0. The standard InChI is InChI=1S/C20H16N2O4S/c1-25-16-8-7-13(9-17(16)26-2)10-18-19(23)22(20(24)27-18)12-15-6-4-3-5-14(15)11-21/h3-10H,12H2,1-2H3/b18-10+. The summed E-state index contributed by atoms with van der Waals surface area (Å²) in [5.74, 6) is 0.733. The first-order valence-corrected chi connectivity index (χ1v) is 8.84. The van der Waals surface area contributed by atoms with E-state index in [1.165, 1.54) is 7.11 Å². The maximum atomic E-state index is 12.7. The first-order chi connectivity index (χ1) is 13.1. The third kappa shape index (κ3) is 3.81. The maximum absolute atomic E-state index is 12.7. The van der Waals surface area contributed by atoms with Gasteiger partial charge in [0.25, 0.3) is 11.1 Å². The molecule has 0 unspecified atom stereocenters. The van der Waals surface area contributed by atoms with Crippen molar-refractivity contribution < 1.29 is 19.1 Å². The molecule has 1 aliphatic rings. The first-order valence-electron chi connectivity index (χ1n) is 8.02. The summed E-state index contributed by atoms with van der Waals surface area (Å²) < 4.78 is 10.5. The van der Waals surface area contributed by atoms with Crippen LogP contribution in [0.1, 0.15) is 16.7 Å². The second-order valence-electron chi connectivity index (χ2n) is 5.65. The molecule has 7 heteroatoms. The lowest BCUT2D eigenvalue weighted by atomic mass is 10.1. The van der Waals surface area contributed by atoms with Gasteiger partial charge in [0.15, 0.2) is 11.5 Å². The molecule has 0 atom stereocenters. The van der Waals surface area contributed by atoms with E-state index >= 15 is 0 Å². The average Bonchev–Trinajstić information content (AvgIpc) is 2.95. The van der Waals surface area contributed by atoms with Gasteiger partial charge < -0.3 is 9.47 Å². The molecule has 0 radical (unpaired) electrons. The van der Waals surface area contributed by atoms with E-state index in [1.807, 2.05) is 0 Å².